The van der Waals surface area contributed by atoms with Crippen molar-refractivity contribution in [3.63, 3.8) is 0 Å². The summed E-state index contributed by atoms with van der Waals surface area (Å²) in [6.07, 6.45) is -4.40. The monoisotopic (exact) mass is 506 g/mol. The third-order valence-corrected chi connectivity index (χ3v) is 6.42. The number of nitrogens with zero attached hydrogens (tertiary/aromatic N) is 1. The van der Waals surface area contributed by atoms with Gasteiger partial charge in [-0.2, -0.15) is 13.2 Å². The fourth-order valence-corrected chi connectivity index (χ4v) is 4.17. The maximum Gasteiger partial charge on any atom is 0.416 e. The number of nitrogens with one attached hydrogen (secondary N) is 1. The highest BCUT2D eigenvalue weighted by molar-refractivity contribution is 7.97. The molecule has 4 nitrogen and oxygen atoms in total. The van der Waals surface area contributed by atoms with E-state index < -0.39 is 11.7 Å². The van der Waals surface area contributed by atoms with Crippen LogP contribution < -0.4 is 10.1 Å². The lowest BCUT2D eigenvalue weighted by molar-refractivity contribution is -0.137. The second-order valence-electron chi connectivity index (χ2n) is 8.14. The molecule has 186 valence electrons. The molecule has 0 radical (unpaired) electrons. The first kappa shape index (κ1) is 26.6. The summed E-state index contributed by atoms with van der Waals surface area (Å²) >= 11 is 1.37. The van der Waals surface area contributed by atoms with Crippen LogP contribution in [0.3, 0.4) is 0 Å². The number of rotatable bonds is 9. The molecule has 0 aliphatic carbocycles. The summed E-state index contributed by atoms with van der Waals surface area (Å²) in [5, 5.41) is 2.88. The van der Waals surface area contributed by atoms with E-state index >= 15 is 0 Å². The zero-order valence-electron chi connectivity index (χ0n) is 19.5. The van der Waals surface area contributed by atoms with Gasteiger partial charge in [0.1, 0.15) is 11.6 Å². The molecule has 35 heavy (non-hydrogen) atoms. The van der Waals surface area contributed by atoms with Crippen molar-refractivity contribution in [3.8, 4) is 16.9 Å². The molecule has 0 bridgehead atoms. The Morgan fingerprint density at radius 3 is 2.23 bits per heavy atom. The predicted octanol–water partition coefficient (Wildman–Crippen LogP) is 6.55. The van der Waals surface area contributed by atoms with Crippen molar-refractivity contribution >= 4 is 17.9 Å². The molecule has 0 aliphatic heterocycles. The SMILES string of the molecule is COc1cc(CNC(=O)CN(Sc2ccc(F)cc2)C(C)C)cc(-c2ccc(C(F)(F)F)cc2)c1. The van der Waals surface area contributed by atoms with Crippen LogP contribution in [-0.4, -0.2) is 29.9 Å². The average molecular weight is 507 g/mol. The Balaban J connectivity index is 1.68. The number of carbonyl (C=O) groups excluding carboxylic acids is 1. The van der Waals surface area contributed by atoms with Crippen LogP contribution in [0.15, 0.2) is 71.6 Å². The minimum Gasteiger partial charge on any atom is -0.497 e. The molecule has 0 unspecified atom stereocenters. The van der Waals surface area contributed by atoms with Gasteiger partial charge in [-0.25, -0.2) is 8.70 Å². The fraction of sp³-hybridized carbons (Fsp3) is 0.269. The second kappa shape index (κ2) is 11.6. The number of hydrogen-bond donors (Lipinski definition) is 1. The molecular formula is C26H26F4N2O2S. The quantitative estimate of drug-likeness (QED) is 0.264. The van der Waals surface area contributed by atoms with E-state index in [1.165, 1.54) is 43.3 Å². The summed E-state index contributed by atoms with van der Waals surface area (Å²) in [6, 6.07) is 16.3. The number of carbonyl (C=O) groups is 1. The van der Waals surface area contributed by atoms with Gasteiger partial charge in [0.15, 0.2) is 0 Å². The molecular weight excluding hydrogens is 480 g/mol. The number of amides is 1. The summed E-state index contributed by atoms with van der Waals surface area (Å²) in [5.74, 6) is 0.00618. The summed E-state index contributed by atoms with van der Waals surface area (Å²) in [6.45, 7) is 4.26. The first-order chi connectivity index (χ1) is 16.5. The molecule has 3 aromatic carbocycles. The molecule has 0 aromatic heterocycles. The number of benzene rings is 3. The second-order valence-corrected chi connectivity index (χ2v) is 9.26. The van der Waals surface area contributed by atoms with Crippen LogP contribution in [0.2, 0.25) is 0 Å². The smallest absolute Gasteiger partial charge is 0.416 e. The lowest BCUT2D eigenvalue weighted by Crippen LogP contribution is -2.36. The van der Waals surface area contributed by atoms with Gasteiger partial charge in [-0.05, 0) is 97.1 Å². The van der Waals surface area contributed by atoms with Crippen LogP contribution >= 0.6 is 11.9 Å². The molecule has 1 amide bonds. The molecule has 0 saturated heterocycles. The van der Waals surface area contributed by atoms with Crippen LogP contribution in [0.4, 0.5) is 17.6 Å². The largest absolute Gasteiger partial charge is 0.497 e. The van der Waals surface area contributed by atoms with Crippen LogP contribution in [0, 0.1) is 5.82 Å². The van der Waals surface area contributed by atoms with Gasteiger partial charge < -0.3 is 10.1 Å². The Labute approximate surface area is 206 Å². The van der Waals surface area contributed by atoms with Crippen molar-refractivity contribution < 1.29 is 27.1 Å². The Morgan fingerprint density at radius 1 is 1.00 bits per heavy atom. The average Bonchev–Trinajstić information content (AvgIpc) is 2.83. The highest BCUT2D eigenvalue weighted by atomic mass is 32.2. The van der Waals surface area contributed by atoms with Gasteiger partial charge in [-0.15, -0.1) is 0 Å². The zero-order chi connectivity index (χ0) is 25.6. The predicted molar refractivity (Wildman–Crippen MR) is 129 cm³/mol. The lowest BCUT2D eigenvalue weighted by Gasteiger charge is -2.24. The maximum absolute atomic E-state index is 13.2. The Kier molecular flexibility index (Phi) is 8.80. The van der Waals surface area contributed by atoms with Crippen molar-refractivity contribution in [1.82, 2.24) is 9.62 Å². The Bertz CT molecular complexity index is 1130. The van der Waals surface area contributed by atoms with Crippen molar-refractivity contribution in [2.24, 2.45) is 0 Å². The minimum atomic E-state index is -4.40. The number of methoxy groups -OCH3 is 1. The minimum absolute atomic E-state index is 0.0545. The fourth-order valence-electron chi connectivity index (χ4n) is 3.25. The number of halogens is 4. The third-order valence-electron chi connectivity index (χ3n) is 5.15. The highest BCUT2D eigenvalue weighted by Crippen LogP contribution is 2.32. The normalized spacial score (nSPS) is 11.7. The number of ether oxygens (including phenoxy) is 1. The third kappa shape index (κ3) is 7.73. The Morgan fingerprint density at radius 2 is 1.66 bits per heavy atom. The van der Waals surface area contributed by atoms with Gasteiger partial charge in [0.05, 0.1) is 19.2 Å². The van der Waals surface area contributed by atoms with Gasteiger partial charge in [0.25, 0.3) is 0 Å². The van der Waals surface area contributed by atoms with E-state index in [0.29, 0.717) is 16.9 Å². The standard InChI is InChI=1S/C26H26F4N2O2S/c1-17(2)32(35-24-10-8-22(27)9-11-24)16-25(33)31-15-18-12-20(14-23(13-18)34-3)19-4-6-21(7-5-19)26(28,29)30/h4-14,17H,15-16H2,1-3H3,(H,31,33). The summed E-state index contributed by atoms with van der Waals surface area (Å²) in [5.41, 5.74) is 1.31. The first-order valence-corrected chi connectivity index (χ1v) is 11.6. The van der Waals surface area contributed by atoms with E-state index in [2.05, 4.69) is 5.32 Å². The summed E-state index contributed by atoms with van der Waals surface area (Å²) < 4.78 is 59.0. The molecule has 0 fully saturated rings. The van der Waals surface area contributed by atoms with Crippen LogP contribution in [0.25, 0.3) is 11.1 Å². The zero-order valence-corrected chi connectivity index (χ0v) is 20.3. The number of alkyl halides is 3. The maximum atomic E-state index is 13.2. The van der Waals surface area contributed by atoms with Crippen LogP contribution in [0.5, 0.6) is 5.75 Å². The molecule has 3 aromatic rings. The van der Waals surface area contributed by atoms with Crippen LogP contribution in [0.1, 0.15) is 25.0 Å². The molecule has 3 rings (SSSR count). The van der Waals surface area contributed by atoms with Crippen LogP contribution in [-0.2, 0) is 17.5 Å². The summed E-state index contributed by atoms with van der Waals surface area (Å²) in [7, 11) is 1.50. The van der Waals surface area contributed by atoms with Gasteiger partial charge in [0, 0.05) is 17.5 Å². The van der Waals surface area contributed by atoms with E-state index in [0.717, 1.165) is 22.6 Å². The van der Waals surface area contributed by atoms with E-state index in [1.54, 1.807) is 30.3 Å². The Hall–Kier alpha value is -3.04. The van der Waals surface area contributed by atoms with E-state index in [4.69, 9.17) is 4.74 Å². The van der Waals surface area contributed by atoms with Gasteiger partial charge in [0.2, 0.25) is 5.91 Å². The molecule has 0 saturated carbocycles. The van der Waals surface area contributed by atoms with Gasteiger partial charge in [-0.3, -0.25) is 4.79 Å². The van der Waals surface area contributed by atoms with Gasteiger partial charge in [-0.1, -0.05) is 12.1 Å². The molecule has 0 aliphatic rings. The van der Waals surface area contributed by atoms with Gasteiger partial charge >= 0.3 is 6.18 Å². The van der Waals surface area contributed by atoms with Crippen molar-refractivity contribution in [2.75, 3.05) is 13.7 Å². The summed E-state index contributed by atoms with van der Waals surface area (Å²) in [4.78, 5) is 13.5. The van der Waals surface area contributed by atoms with E-state index in [1.807, 2.05) is 18.2 Å². The number of hydrogen-bond acceptors (Lipinski definition) is 4. The first-order valence-electron chi connectivity index (χ1n) is 10.9. The molecule has 0 spiro atoms. The highest BCUT2D eigenvalue weighted by Gasteiger charge is 2.30. The molecule has 1 N–H and O–H groups in total. The van der Waals surface area contributed by atoms with Crippen molar-refractivity contribution in [3.05, 3.63) is 83.7 Å². The lowest BCUT2D eigenvalue weighted by atomic mass is 10.0. The molecule has 0 heterocycles. The topological polar surface area (TPSA) is 41.6 Å². The van der Waals surface area contributed by atoms with E-state index in [-0.39, 0.29) is 30.9 Å². The molecule has 0 atom stereocenters. The van der Waals surface area contributed by atoms with E-state index in [9.17, 15) is 22.4 Å². The molecule has 9 heteroatoms. The van der Waals surface area contributed by atoms with Crippen molar-refractivity contribution in [2.45, 2.75) is 37.5 Å². The van der Waals surface area contributed by atoms with Crippen molar-refractivity contribution in [1.29, 1.82) is 0 Å².